The summed E-state index contributed by atoms with van der Waals surface area (Å²) in [5.74, 6) is -2.20. The second-order valence-corrected chi connectivity index (χ2v) is 17.8. The minimum atomic E-state index is -1.19. The number of carbonyl (C=O) groups excluding carboxylic acids is 5. The second kappa shape index (κ2) is 25.7. The van der Waals surface area contributed by atoms with E-state index in [1.807, 2.05) is 24.3 Å². The molecule has 0 radical (unpaired) electrons. The fraction of sp³-hybridized carbons (Fsp3) is 0.434. The van der Waals surface area contributed by atoms with Gasteiger partial charge in [-0.2, -0.15) is 5.21 Å². The summed E-state index contributed by atoms with van der Waals surface area (Å²) < 4.78 is 12.4. The van der Waals surface area contributed by atoms with Crippen LogP contribution in [-0.4, -0.2) is 101 Å². The van der Waals surface area contributed by atoms with E-state index < -0.39 is 41.5 Å². The monoisotopic (exact) mass is 942 g/mol. The molecule has 1 aliphatic heterocycles. The molecule has 16 nitrogen and oxygen atoms in total. The third-order valence-corrected chi connectivity index (χ3v) is 12.6. The third-order valence-electron chi connectivity index (χ3n) is 12.6. The molecule has 0 saturated carbocycles. The fourth-order valence-electron chi connectivity index (χ4n) is 8.75. The van der Waals surface area contributed by atoms with E-state index in [4.69, 9.17) is 26.7 Å². The van der Waals surface area contributed by atoms with Crippen LogP contribution in [0, 0.1) is 11.8 Å². The molecule has 4 aromatic carbocycles. The highest BCUT2D eigenvalue weighted by molar-refractivity contribution is 6.00. The molecule has 1 aliphatic rings. The number of likely N-dealkylation sites (N-methyl/N-ethyl adjacent to an activating group) is 1. The van der Waals surface area contributed by atoms with Crippen molar-refractivity contribution in [1.29, 1.82) is 0 Å². The minimum absolute atomic E-state index is 0.0182. The number of fused-ring (bicyclic) bond motifs is 5. The van der Waals surface area contributed by atoms with Crippen LogP contribution in [0.2, 0.25) is 0 Å². The number of hydrogen-bond acceptors (Lipinski definition) is 13. The van der Waals surface area contributed by atoms with E-state index in [0.29, 0.717) is 70.9 Å². The maximum atomic E-state index is 15.0. The van der Waals surface area contributed by atoms with Crippen LogP contribution in [-0.2, 0) is 38.4 Å². The minimum Gasteiger partial charge on any atom is -0.492 e. The van der Waals surface area contributed by atoms with Crippen LogP contribution in [0.3, 0.4) is 0 Å². The van der Waals surface area contributed by atoms with Crippen molar-refractivity contribution in [3.05, 3.63) is 113 Å². The summed E-state index contributed by atoms with van der Waals surface area (Å²) in [6.07, 6.45) is 4.88. The number of nitrogens with zero attached hydrogens (tertiary/aromatic N) is 4. The molecule has 0 saturated heterocycles. The van der Waals surface area contributed by atoms with Gasteiger partial charge in [0.2, 0.25) is 11.8 Å². The Morgan fingerprint density at radius 1 is 0.797 bits per heavy atom. The van der Waals surface area contributed by atoms with Crippen LogP contribution in [0.15, 0.2) is 84.9 Å². The van der Waals surface area contributed by atoms with Crippen molar-refractivity contribution in [3.8, 4) is 33.8 Å². The normalized spacial score (nSPS) is 16.5. The number of nitrogens with one attached hydrogen (secondary N) is 2. The summed E-state index contributed by atoms with van der Waals surface area (Å²) in [7, 11) is 1.56. The highest BCUT2D eigenvalue weighted by Crippen LogP contribution is 2.41. The van der Waals surface area contributed by atoms with Crippen molar-refractivity contribution < 1.29 is 33.4 Å². The Hall–Kier alpha value is -6.62. The number of amides is 2. The fourth-order valence-corrected chi connectivity index (χ4v) is 8.75. The lowest BCUT2D eigenvalue weighted by Crippen LogP contribution is -2.46. The Bertz CT molecular complexity index is 2500. The van der Waals surface area contributed by atoms with Crippen molar-refractivity contribution in [2.75, 3.05) is 39.9 Å². The molecule has 2 amide bonds. The Balaban J connectivity index is 1.36. The molecule has 69 heavy (non-hydrogen) atoms. The van der Waals surface area contributed by atoms with Gasteiger partial charge in [0, 0.05) is 74.3 Å². The molecule has 8 N–H and O–H groups in total. The van der Waals surface area contributed by atoms with E-state index in [-0.39, 0.29) is 70.0 Å². The van der Waals surface area contributed by atoms with Gasteiger partial charge < -0.3 is 36.9 Å². The summed E-state index contributed by atoms with van der Waals surface area (Å²) in [6, 6.07) is 24.5. The van der Waals surface area contributed by atoms with E-state index in [2.05, 4.69) is 57.1 Å². The summed E-state index contributed by atoms with van der Waals surface area (Å²) >= 11 is 0. The third kappa shape index (κ3) is 14.0. The topological polar surface area (TPSA) is 252 Å². The number of Topliss-reactive ketones (excluding diaryl/α,β-unsaturated/α-hetero) is 3. The summed E-state index contributed by atoms with van der Waals surface area (Å²) in [6.45, 7) is 5.04. The van der Waals surface area contributed by atoms with Gasteiger partial charge in [-0.1, -0.05) is 92.6 Å². The molecular formula is C53H67N9O7. The highest BCUT2D eigenvalue weighted by atomic mass is 16.5. The standard InChI is InChI=1S/C53H67N9O7/c1-4-5-8-35-10-13-37(14-11-35)38-15-17-39(18-16-38)46(64)33-41(9-6-7-24-54)53(67)62(3)51-40-19-22-49(69-28-26-56)43(32-40)42-30-36(12-21-48(42)68-27-25-55)31-44(57-52(66)34(2)29-47(51)65)45(63)20-23-50-58-60-61-59-50/h10-19,21-22,30,32,34,41,44,51H,4-9,20,23-29,31,33,54-56H2,1-3H3,(H,57,66)(H,58,59,60,61)/t34-,41-,44+,51+/m1/s1. The van der Waals surface area contributed by atoms with Gasteiger partial charge in [-0.05, 0) is 90.7 Å². The number of ketones is 3. The lowest BCUT2D eigenvalue weighted by molar-refractivity contribution is -0.142. The molecule has 0 spiro atoms. The van der Waals surface area contributed by atoms with Crippen LogP contribution in [0.25, 0.3) is 22.3 Å². The predicted molar refractivity (Wildman–Crippen MR) is 264 cm³/mol. The van der Waals surface area contributed by atoms with Gasteiger partial charge in [0.05, 0.1) is 6.04 Å². The first kappa shape index (κ1) is 51.8. The Morgan fingerprint density at radius 2 is 1.46 bits per heavy atom. The first-order valence-corrected chi connectivity index (χ1v) is 24.1. The van der Waals surface area contributed by atoms with Gasteiger partial charge in [0.15, 0.2) is 23.2 Å². The average Bonchev–Trinajstić information content (AvgIpc) is 3.89. The van der Waals surface area contributed by atoms with Crippen molar-refractivity contribution in [2.45, 2.75) is 96.6 Å². The summed E-state index contributed by atoms with van der Waals surface area (Å²) in [5, 5.41) is 16.8. The van der Waals surface area contributed by atoms with E-state index in [1.54, 1.807) is 50.4 Å². The number of carbonyl (C=O) groups is 5. The maximum Gasteiger partial charge on any atom is 0.226 e. The highest BCUT2D eigenvalue weighted by Gasteiger charge is 2.36. The number of tetrazole rings is 1. The lowest BCUT2D eigenvalue weighted by Gasteiger charge is -2.32. The maximum absolute atomic E-state index is 15.0. The number of nitrogens with two attached hydrogens (primary N) is 3. The van der Waals surface area contributed by atoms with E-state index in [1.165, 1.54) is 10.5 Å². The molecule has 5 aromatic rings. The quantitative estimate of drug-likeness (QED) is 0.0378. The SMILES string of the molecule is CCCCc1ccc(-c2ccc(C(=O)C[C@@H](CCCCN)C(=O)N(C)[C@@H]3C(=O)C[C@@H](C)C(=O)N[C@H](C(=O)CCc4nn[nH]n4)Cc4ccc(OCCN)c(c4)-c4cc3ccc4OCCN)cc2)cc1. The van der Waals surface area contributed by atoms with Crippen LogP contribution in [0.1, 0.15) is 104 Å². The molecule has 0 aliphatic carbocycles. The molecule has 366 valence electrons. The Kier molecular flexibility index (Phi) is 19.3. The average molecular weight is 942 g/mol. The first-order chi connectivity index (χ1) is 33.4. The number of hydrogen-bond donors (Lipinski definition) is 5. The van der Waals surface area contributed by atoms with Crippen LogP contribution < -0.4 is 32.0 Å². The largest absolute Gasteiger partial charge is 0.492 e. The molecule has 2 heterocycles. The number of H-pyrrole nitrogens is 1. The second-order valence-electron chi connectivity index (χ2n) is 17.8. The number of unbranched alkanes of at least 4 members (excludes halogenated alkanes) is 2. The van der Waals surface area contributed by atoms with Crippen LogP contribution in [0.5, 0.6) is 11.5 Å². The van der Waals surface area contributed by atoms with Gasteiger partial charge in [0.25, 0.3) is 0 Å². The van der Waals surface area contributed by atoms with Crippen molar-refractivity contribution in [2.24, 2.45) is 29.0 Å². The van der Waals surface area contributed by atoms with Crippen LogP contribution in [0.4, 0.5) is 0 Å². The lowest BCUT2D eigenvalue weighted by atomic mass is 9.87. The molecular weight excluding hydrogens is 875 g/mol. The number of aromatic nitrogens is 4. The van der Waals surface area contributed by atoms with E-state index in [0.717, 1.165) is 30.4 Å². The molecule has 4 atom stereocenters. The number of ether oxygens (including phenoxy) is 2. The van der Waals surface area contributed by atoms with Gasteiger partial charge in [0.1, 0.15) is 30.8 Å². The summed E-state index contributed by atoms with van der Waals surface area (Å²) in [4.78, 5) is 73.3. The number of rotatable bonds is 23. The number of aromatic amines is 1. The Labute approximate surface area is 404 Å². The molecule has 4 bridgehead atoms. The molecule has 0 fully saturated rings. The van der Waals surface area contributed by atoms with Gasteiger partial charge in [-0.15, -0.1) is 10.2 Å². The predicted octanol–water partition coefficient (Wildman–Crippen LogP) is 5.91. The van der Waals surface area contributed by atoms with Gasteiger partial charge in [-0.25, -0.2) is 0 Å². The molecule has 16 heteroatoms. The molecule has 1 aromatic heterocycles. The zero-order valence-corrected chi connectivity index (χ0v) is 40.1. The van der Waals surface area contributed by atoms with Crippen molar-refractivity contribution in [1.82, 2.24) is 30.8 Å². The van der Waals surface area contributed by atoms with Gasteiger partial charge >= 0.3 is 0 Å². The van der Waals surface area contributed by atoms with E-state index >= 15 is 0 Å². The first-order valence-electron chi connectivity index (χ1n) is 24.1. The number of aryl methyl sites for hydroxylation is 2. The zero-order valence-electron chi connectivity index (χ0n) is 40.1. The van der Waals surface area contributed by atoms with Crippen molar-refractivity contribution in [3.63, 3.8) is 0 Å². The van der Waals surface area contributed by atoms with Crippen molar-refractivity contribution >= 4 is 29.2 Å². The number of benzene rings is 4. The Morgan fingerprint density at radius 3 is 2.10 bits per heavy atom. The molecule has 6 rings (SSSR count). The zero-order chi connectivity index (χ0) is 49.3. The van der Waals surface area contributed by atoms with E-state index in [9.17, 15) is 24.0 Å². The molecule has 0 unspecified atom stereocenters. The van der Waals surface area contributed by atoms with Gasteiger partial charge in [-0.3, -0.25) is 24.0 Å². The van der Waals surface area contributed by atoms with Crippen LogP contribution >= 0.6 is 0 Å². The smallest absolute Gasteiger partial charge is 0.226 e. The summed E-state index contributed by atoms with van der Waals surface area (Å²) in [5.41, 5.74) is 23.8.